The molecule has 2 atom stereocenters. The number of hydrogen-bond acceptors (Lipinski definition) is 5. The molecule has 35 heavy (non-hydrogen) atoms. The van der Waals surface area contributed by atoms with Crippen LogP contribution in [-0.4, -0.2) is 37.3 Å². The van der Waals surface area contributed by atoms with Gasteiger partial charge in [-0.1, -0.05) is 60.7 Å². The summed E-state index contributed by atoms with van der Waals surface area (Å²) in [6.07, 6.45) is -0.497. The average molecular weight is 479 g/mol. The van der Waals surface area contributed by atoms with Gasteiger partial charge in [-0.05, 0) is 35.2 Å². The van der Waals surface area contributed by atoms with Crippen LogP contribution in [0.25, 0.3) is 0 Å². The first-order chi connectivity index (χ1) is 17.0. The summed E-state index contributed by atoms with van der Waals surface area (Å²) < 4.78 is 30.5. The lowest BCUT2D eigenvalue weighted by Crippen LogP contribution is -2.45. The van der Waals surface area contributed by atoms with Crippen LogP contribution in [0.4, 0.5) is 9.18 Å². The third kappa shape index (κ3) is 8.12. The Balaban J connectivity index is 1.26. The zero-order valence-corrected chi connectivity index (χ0v) is 19.1. The number of carbonyl (C=O) groups is 2. The van der Waals surface area contributed by atoms with Crippen molar-refractivity contribution < 1.29 is 28.2 Å². The third-order valence-electron chi connectivity index (χ3n) is 5.40. The summed E-state index contributed by atoms with van der Waals surface area (Å²) in [6.45, 7) is 0.693. The van der Waals surface area contributed by atoms with E-state index in [-0.39, 0.29) is 31.2 Å². The van der Waals surface area contributed by atoms with Crippen LogP contribution >= 0.6 is 0 Å². The summed E-state index contributed by atoms with van der Waals surface area (Å²) in [5.41, 5.74) is 2.49. The predicted octanol–water partition coefficient (Wildman–Crippen LogP) is 3.76. The van der Waals surface area contributed by atoms with Crippen molar-refractivity contribution in [3.8, 4) is 5.75 Å². The van der Waals surface area contributed by atoms with Crippen LogP contribution in [0.5, 0.6) is 5.75 Å². The Morgan fingerprint density at radius 2 is 1.60 bits per heavy atom. The number of rotatable bonds is 11. The number of halogens is 1. The largest absolute Gasteiger partial charge is 0.489 e. The molecule has 3 aromatic carbocycles. The number of nitrogens with one attached hydrogen (secondary N) is 2. The fourth-order valence-corrected chi connectivity index (χ4v) is 3.56. The monoisotopic (exact) mass is 478 g/mol. The maximum Gasteiger partial charge on any atom is 0.407 e. The highest BCUT2D eigenvalue weighted by atomic mass is 19.1. The average Bonchev–Trinajstić information content (AvgIpc) is 3.71. The topological polar surface area (TPSA) is 89.2 Å². The van der Waals surface area contributed by atoms with E-state index < -0.39 is 11.9 Å². The molecule has 1 heterocycles. The molecular weight excluding hydrogens is 451 g/mol. The Morgan fingerprint density at radius 3 is 2.26 bits per heavy atom. The van der Waals surface area contributed by atoms with Crippen molar-refractivity contribution in [3.05, 3.63) is 101 Å². The van der Waals surface area contributed by atoms with Crippen molar-refractivity contribution >= 4 is 12.0 Å². The second kappa shape index (κ2) is 12.0. The summed E-state index contributed by atoms with van der Waals surface area (Å²) in [5.74, 6) is -0.400. The maximum absolute atomic E-state index is 14.2. The first kappa shape index (κ1) is 24.2. The molecule has 1 fully saturated rings. The molecule has 0 saturated carbocycles. The zero-order valence-electron chi connectivity index (χ0n) is 19.1. The molecular formula is C27H27FN2O5. The van der Waals surface area contributed by atoms with Crippen LogP contribution in [0, 0.1) is 5.82 Å². The highest BCUT2D eigenvalue weighted by Crippen LogP contribution is 2.23. The molecule has 2 unspecified atom stereocenters. The van der Waals surface area contributed by atoms with E-state index in [1.165, 1.54) is 12.1 Å². The Kier molecular flexibility index (Phi) is 8.30. The fraction of sp³-hybridized carbons (Fsp3) is 0.259. The van der Waals surface area contributed by atoms with Gasteiger partial charge in [0.25, 0.3) is 0 Å². The molecule has 1 aliphatic rings. The lowest BCUT2D eigenvalue weighted by atomic mass is 10.0. The van der Waals surface area contributed by atoms with E-state index in [1.807, 2.05) is 60.7 Å². The summed E-state index contributed by atoms with van der Waals surface area (Å²) in [7, 11) is 0. The Labute approximate surface area is 203 Å². The lowest BCUT2D eigenvalue weighted by Gasteiger charge is -2.18. The number of alkyl carbamates (subject to hydrolysis) is 1. The molecule has 3 aromatic rings. The van der Waals surface area contributed by atoms with Gasteiger partial charge >= 0.3 is 6.09 Å². The highest BCUT2D eigenvalue weighted by Gasteiger charge is 2.34. The van der Waals surface area contributed by atoms with Crippen LogP contribution in [0.3, 0.4) is 0 Å². The van der Waals surface area contributed by atoms with E-state index in [2.05, 4.69) is 10.6 Å². The van der Waals surface area contributed by atoms with Gasteiger partial charge in [-0.3, -0.25) is 4.79 Å². The lowest BCUT2D eigenvalue weighted by molar-refractivity contribution is -0.121. The highest BCUT2D eigenvalue weighted by molar-refractivity contribution is 5.82. The molecule has 1 saturated heterocycles. The van der Waals surface area contributed by atoms with Gasteiger partial charge in [-0.15, -0.1) is 0 Å². The fourth-order valence-electron chi connectivity index (χ4n) is 3.56. The van der Waals surface area contributed by atoms with Crippen molar-refractivity contribution in [2.75, 3.05) is 13.2 Å². The van der Waals surface area contributed by atoms with Crippen molar-refractivity contribution in [1.82, 2.24) is 10.6 Å². The molecule has 7 nitrogen and oxygen atoms in total. The van der Waals surface area contributed by atoms with E-state index in [1.54, 1.807) is 6.07 Å². The molecule has 2 N–H and O–H groups in total. The van der Waals surface area contributed by atoms with Gasteiger partial charge in [0.2, 0.25) is 5.91 Å². The predicted molar refractivity (Wildman–Crippen MR) is 127 cm³/mol. The first-order valence-electron chi connectivity index (χ1n) is 11.4. The number of hydrogen-bond donors (Lipinski definition) is 2. The quantitative estimate of drug-likeness (QED) is 0.410. The van der Waals surface area contributed by atoms with Gasteiger partial charge in [0.1, 0.15) is 37.4 Å². The molecule has 182 valence electrons. The molecule has 0 bridgehead atoms. The van der Waals surface area contributed by atoms with Gasteiger partial charge in [0, 0.05) is 6.07 Å². The number of epoxide rings is 1. The van der Waals surface area contributed by atoms with Crippen LogP contribution in [0.1, 0.15) is 16.7 Å². The normalized spacial score (nSPS) is 15.1. The molecule has 1 aliphatic heterocycles. The second-order valence-electron chi connectivity index (χ2n) is 8.23. The Morgan fingerprint density at radius 1 is 0.943 bits per heavy atom. The molecule has 0 spiro atoms. The van der Waals surface area contributed by atoms with Crippen LogP contribution in [0.2, 0.25) is 0 Å². The van der Waals surface area contributed by atoms with Crippen LogP contribution in [0.15, 0.2) is 78.9 Å². The standard InChI is InChI=1S/C27H27FN2O5/c28-22-11-21(12-23(14-22)33-16-19-7-3-1-4-8-19)13-24(25-18-34-25)30-26(31)15-29-27(32)35-17-20-9-5-2-6-10-20/h1-12,14,24-25H,13,15-18H2,(H,29,32)(H,30,31). The Bertz CT molecular complexity index is 1120. The van der Waals surface area contributed by atoms with Crippen molar-refractivity contribution in [2.45, 2.75) is 31.8 Å². The SMILES string of the molecule is O=C(CNC(=O)OCc1ccccc1)NC(Cc1cc(F)cc(OCc2ccccc2)c1)C1CO1. The van der Waals surface area contributed by atoms with Crippen LogP contribution in [-0.2, 0) is 33.9 Å². The number of ether oxygens (including phenoxy) is 3. The smallest absolute Gasteiger partial charge is 0.407 e. The molecule has 4 rings (SSSR count). The minimum Gasteiger partial charge on any atom is -0.489 e. The summed E-state index contributed by atoms with van der Waals surface area (Å²) in [6, 6.07) is 23.0. The second-order valence-corrected chi connectivity index (χ2v) is 8.23. The number of benzene rings is 3. The Hall–Kier alpha value is -3.91. The van der Waals surface area contributed by atoms with E-state index >= 15 is 0 Å². The zero-order chi connectivity index (χ0) is 24.5. The number of carbonyl (C=O) groups excluding carboxylic acids is 2. The summed E-state index contributed by atoms with van der Waals surface area (Å²) in [5, 5.41) is 5.29. The van der Waals surface area contributed by atoms with Gasteiger partial charge < -0.3 is 24.8 Å². The van der Waals surface area contributed by atoms with E-state index in [4.69, 9.17) is 14.2 Å². The van der Waals surface area contributed by atoms with E-state index in [9.17, 15) is 14.0 Å². The molecule has 8 heteroatoms. The summed E-state index contributed by atoms with van der Waals surface area (Å²) >= 11 is 0. The molecule has 0 radical (unpaired) electrons. The van der Waals surface area contributed by atoms with Crippen LogP contribution < -0.4 is 15.4 Å². The minimum absolute atomic E-state index is 0.112. The van der Waals surface area contributed by atoms with Gasteiger partial charge in [-0.2, -0.15) is 0 Å². The van der Waals surface area contributed by atoms with Crippen molar-refractivity contribution in [1.29, 1.82) is 0 Å². The van der Waals surface area contributed by atoms with Gasteiger partial charge in [-0.25, -0.2) is 9.18 Å². The molecule has 0 aliphatic carbocycles. The molecule has 0 aromatic heterocycles. The van der Waals surface area contributed by atoms with E-state index in [0.29, 0.717) is 30.9 Å². The number of amides is 2. The van der Waals surface area contributed by atoms with E-state index in [0.717, 1.165) is 11.1 Å². The first-order valence-corrected chi connectivity index (χ1v) is 11.4. The van der Waals surface area contributed by atoms with Crippen molar-refractivity contribution in [3.63, 3.8) is 0 Å². The van der Waals surface area contributed by atoms with Gasteiger partial charge in [0.15, 0.2) is 0 Å². The van der Waals surface area contributed by atoms with Crippen molar-refractivity contribution in [2.24, 2.45) is 0 Å². The minimum atomic E-state index is -0.687. The summed E-state index contributed by atoms with van der Waals surface area (Å²) in [4.78, 5) is 24.3. The maximum atomic E-state index is 14.2. The van der Waals surface area contributed by atoms with Gasteiger partial charge in [0.05, 0.1) is 12.6 Å². The molecule has 2 amide bonds. The third-order valence-corrected chi connectivity index (χ3v) is 5.40.